The third-order valence-corrected chi connectivity index (χ3v) is 3.24. The van der Waals surface area contributed by atoms with Gasteiger partial charge in [0.2, 0.25) is 0 Å². The second kappa shape index (κ2) is 4.30. The fourth-order valence-corrected chi connectivity index (χ4v) is 2.30. The standard InChI is InChI=1S/C7H15NO2S/c1-5(4-9)11-7-3-8-2-6(7)10/h5-10H,2-4H2,1H3. The molecule has 3 nitrogen and oxygen atoms in total. The molecule has 66 valence electrons. The van der Waals surface area contributed by atoms with Crippen molar-refractivity contribution in [3.63, 3.8) is 0 Å². The smallest absolute Gasteiger partial charge is 0.0795 e. The van der Waals surface area contributed by atoms with E-state index in [1.165, 1.54) is 0 Å². The molecule has 0 saturated carbocycles. The number of aliphatic hydroxyl groups excluding tert-OH is 2. The second-order valence-corrected chi connectivity index (χ2v) is 4.58. The molecule has 0 amide bonds. The van der Waals surface area contributed by atoms with Crippen molar-refractivity contribution in [2.24, 2.45) is 0 Å². The van der Waals surface area contributed by atoms with E-state index in [-0.39, 0.29) is 23.2 Å². The summed E-state index contributed by atoms with van der Waals surface area (Å²) in [5.74, 6) is 0. The molecule has 0 aliphatic carbocycles. The van der Waals surface area contributed by atoms with Gasteiger partial charge in [0.1, 0.15) is 0 Å². The van der Waals surface area contributed by atoms with Crippen LogP contribution in [0.2, 0.25) is 0 Å². The van der Waals surface area contributed by atoms with Gasteiger partial charge in [0.25, 0.3) is 0 Å². The number of β-amino-alcohol motifs (C(OH)–C–C–N with tert-alkyl or cyclic N) is 1. The molecule has 0 radical (unpaired) electrons. The number of aliphatic hydroxyl groups is 2. The van der Waals surface area contributed by atoms with Crippen LogP contribution >= 0.6 is 11.8 Å². The van der Waals surface area contributed by atoms with Gasteiger partial charge in [-0.1, -0.05) is 6.92 Å². The minimum absolute atomic E-state index is 0.188. The highest BCUT2D eigenvalue weighted by atomic mass is 32.2. The van der Waals surface area contributed by atoms with Crippen molar-refractivity contribution >= 4 is 11.8 Å². The maximum absolute atomic E-state index is 9.37. The largest absolute Gasteiger partial charge is 0.395 e. The molecule has 1 fully saturated rings. The summed E-state index contributed by atoms with van der Waals surface area (Å²) in [7, 11) is 0. The van der Waals surface area contributed by atoms with E-state index in [0.717, 1.165) is 6.54 Å². The van der Waals surface area contributed by atoms with Crippen molar-refractivity contribution in [1.29, 1.82) is 0 Å². The van der Waals surface area contributed by atoms with Gasteiger partial charge in [-0.05, 0) is 0 Å². The van der Waals surface area contributed by atoms with Crippen LogP contribution in [0.5, 0.6) is 0 Å². The minimum Gasteiger partial charge on any atom is -0.395 e. The van der Waals surface area contributed by atoms with E-state index in [2.05, 4.69) is 5.32 Å². The quantitative estimate of drug-likeness (QED) is 0.540. The number of thioether (sulfide) groups is 1. The van der Waals surface area contributed by atoms with Crippen molar-refractivity contribution in [3.8, 4) is 0 Å². The fraction of sp³-hybridized carbons (Fsp3) is 1.00. The summed E-state index contributed by atoms with van der Waals surface area (Å²) < 4.78 is 0. The molecule has 3 unspecified atom stereocenters. The Morgan fingerprint density at radius 2 is 2.36 bits per heavy atom. The molecule has 0 aromatic rings. The highest BCUT2D eigenvalue weighted by Gasteiger charge is 2.26. The third-order valence-electron chi connectivity index (χ3n) is 1.79. The van der Waals surface area contributed by atoms with Gasteiger partial charge in [-0.3, -0.25) is 0 Å². The van der Waals surface area contributed by atoms with Crippen LogP contribution < -0.4 is 5.32 Å². The molecule has 0 bridgehead atoms. The zero-order valence-corrected chi connectivity index (χ0v) is 7.47. The Labute approximate surface area is 71.2 Å². The molecule has 1 rings (SSSR count). The molecule has 1 heterocycles. The van der Waals surface area contributed by atoms with Gasteiger partial charge in [0.05, 0.1) is 12.7 Å². The van der Waals surface area contributed by atoms with Crippen LogP contribution in [0.3, 0.4) is 0 Å². The molecular formula is C7H15NO2S. The lowest BCUT2D eigenvalue weighted by Gasteiger charge is -2.16. The van der Waals surface area contributed by atoms with Gasteiger partial charge in [-0.25, -0.2) is 0 Å². The maximum Gasteiger partial charge on any atom is 0.0795 e. The van der Waals surface area contributed by atoms with Crippen LogP contribution in [0, 0.1) is 0 Å². The van der Waals surface area contributed by atoms with E-state index in [1.54, 1.807) is 11.8 Å². The van der Waals surface area contributed by atoms with Crippen molar-refractivity contribution in [2.75, 3.05) is 19.7 Å². The molecule has 0 spiro atoms. The van der Waals surface area contributed by atoms with Gasteiger partial charge in [0, 0.05) is 23.6 Å². The van der Waals surface area contributed by atoms with Crippen molar-refractivity contribution in [2.45, 2.75) is 23.5 Å². The molecule has 4 heteroatoms. The lowest BCUT2D eigenvalue weighted by Crippen LogP contribution is -2.23. The minimum atomic E-state index is -0.242. The topological polar surface area (TPSA) is 52.5 Å². The lowest BCUT2D eigenvalue weighted by molar-refractivity contribution is 0.200. The summed E-state index contributed by atoms with van der Waals surface area (Å²) in [6.45, 7) is 3.70. The Hall–Kier alpha value is 0.230. The average molecular weight is 177 g/mol. The van der Waals surface area contributed by atoms with Crippen molar-refractivity contribution in [1.82, 2.24) is 5.32 Å². The zero-order valence-electron chi connectivity index (χ0n) is 6.66. The van der Waals surface area contributed by atoms with E-state index in [4.69, 9.17) is 5.11 Å². The van der Waals surface area contributed by atoms with Crippen LogP contribution in [-0.4, -0.2) is 46.5 Å². The fourth-order valence-electron chi connectivity index (χ4n) is 1.12. The highest BCUT2D eigenvalue weighted by Crippen LogP contribution is 2.22. The van der Waals surface area contributed by atoms with Crippen LogP contribution in [0.1, 0.15) is 6.92 Å². The number of rotatable bonds is 3. The summed E-state index contributed by atoms with van der Waals surface area (Å²) in [6, 6.07) is 0. The highest BCUT2D eigenvalue weighted by molar-refractivity contribution is 8.00. The second-order valence-electron chi connectivity index (χ2n) is 2.89. The Morgan fingerprint density at radius 1 is 1.64 bits per heavy atom. The van der Waals surface area contributed by atoms with E-state index in [9.17, 15) is 5.11 Å². The van der Waals surface area contributed by atoms with E-state index in [1.807, 2.05) is 6.92 Å². The van der Waals surface area contributed by atoms with E-state index >= 15 is 0 Å². The van der Waals surface area contributed by atoms with E-state index in [0.29, 0.717) is 6.54 Å². The monoisotopic (exact) mass is 177 g/mol. The first-order chi connectivity index (χ1) is 5.24. The molecule has 3 N–H and O–H groups in total. The maximum atomic E-state index is 9.37. The molecule has 0 aromatic heterocycles. The molecule has 1 aliphatic heterocycles. The van der Waals surface area contributed by atoms with Crippen LogP contribution in [0.15, 0.2) is 0 Å². The lowest BCUT2D eigenvalue weighted by atomic mass is 10.3. The Bertz CT molecular complexity index is 123. The van der Waals surface area contributed by atoms with Crippen LogP contribution in [-0.2, 0) is 0 Å². The Morgan fingerprint density at radius 3 is 2.82 bits per heavy atom. The van der Waals surface area contributed by atoms with E-state index < -0.39 is 0 Å². The third kappa shape index (κ3) is 2.63. The van der Waals surface area contributed by atoms with Crippen LogP contribution in [0.4, 0.5) is 0 Å². The van der Waals surface area contributed by atoms with Gasteiger partial charge in [-0.15, -0.1) is 11.8 Å². The number of hydrogen-bond donors (Lipinski definition) is 3. The molecular weight excluding hydrogens is 162 g/mol. The summed E-state index contributed by atoms with van der Waals surface area (Å²) >= 11 is 1.65. The first-order valence-corrected chi connectivity index (χ1v) is 4.83. The molecule has 0 aromatic carbocycles. The van der Waals surface area contributed by atoms with Gasteiger partial charge >= 0.3 is 0 Å². The molecule has 1 saturated heterocycles. The summed E-state index contributed by atoms with van der Waals surface area (Å²) in [5, 5.41) is 21.7. The predicted molar refractivity (Wildman–Crippen MR) is 46.8 cm³/mol. The Kier molecular flexibility index (Phi) is 3.65. The molecule has 11 heavy (non-hydrogen) atoms. The predicted octanol–water partition coefficient (Wildman–Crippen LogP) is -0.567. The summed E-state index contributed by atoms with van der Waals surface area (Å²) in [6.07, 6.45) is -0.242. The molecule has 3 atom stereocenters. The van der Waals surface area contributed by atoms with Gasteiger partial charge < -0.3 is 15.5 Å². The van der Waals surface area contributed by atoms with Crippen molar-refractivity contribution in [3.05, 3.63) is 0 Å². The Balaban J connectivity index is 2.24. The number of hydrogen-bond acceptors (Lipinski definition) is 4. The van der Waals surface area contributed by atoms with Crippen LogP contribution in [0.25, 0.3) is 0 Å². The van der Waals surface area contributed by atoms with Gasteiger partial charge in [0.15, 0.2) is 0 Å². The SMILES string of the molecule is CC(CO)SC1CNCC1O. The first-order valence-electron chi connectivity index (χ1n) is 3.89. The first kappa shape index (κ1) is 9.32. The zero-order chi connectivity index (χ0) is 8.27. The summed E-state index contributed by atoms with van der Waals surface area (Å²) in [4.78, 5) is 0. The van der Waals surface area contributed by atoms with Gasteiger partial charge in [-0.2, -0.15) is 0 Å². The summed E-state index contributed by atoms with van der Waals surface area (Å²) in [5.41, 5.74) is 0. The number of nitrogens with one attached hydrogen (secondary N) is 1. The normalized spacial score (nSPS) is 34.1. The molecule has 1 aliphatic rings. The average Bonchev–Trinajstić information content (AvgIpc) is 2.37. The van der Waals surface area contributed by atoms with Crippen molar-refractivity contribution < 1.29 is 10.2 Å².